The summed E-state index contributed by atoms with van der Waals surface area (Å²) in [6, 6.07) is 3.83. The smallest absolute Gasteiger partial charge is 0.265 e. The van der Waals surface area contributed by atoms with Gasteiger partial charge in [0.1, 0.15) is 5.71 Å². The molecule has 1 amide bonds. The third-order valence-corrected chi connectivity index (χ3v) is 3.51. The molecule has 0 unspecified atom stereocenters. The van der Waals surface area contributed by atoms with Crippen molar-refractivity contribution in [1.29, 1.82) is 0 Å². The maximum Gasteiger partial charge on any atom is 0.265 e. The molecule has 25 heavy (non-hydrogen) atoms. The van der Waals surface area contributed by atoms with Crippen LogP contribution in [0.1, 0.15) is 38.7 Å². The molecule has 0 saturated carbocycles. The van der Waals surface area contributed by atoms with E-state index < -0.39 is 0 Å². The molecule has 136 valence electrons. The Labute approximate surface area is 150 Å². The summed E-state index contributed by atoms with van der Waals surface area (Å²) in [6.07, 6.45) is 7.42. The number of carbonyl (C=O) groups excluding carboxylic acids is 1. The molecule has 0 fully saturated rings. The number of pyridine rings is 1. The van der Waals surface area contributed by atoms with Gasteiger partial charge in [-0.1, -0.05) is 20.3 Å². The van der Waals surface area contributed by atoms with Crippen molar-refractivity contribution >= 4 is 23.4 Å². The lowest BCUT2D eigenvalue weighted by Crippen LogP contribution is -2.33. The third kappa shape index (κ3) is 6.97. The Morgan fingerprint density at radius 1 is 1.32 bits per heavy atom. The molecule has 1 aromatic rings. The van der Waals surface area contributed by atoms with Crippen LogP contribution in [-0.2, 0) is 9.53 Å². The topological polar surface area (TPSA) is 75.9 Å². The highest BCUT2D eigenvalue weighted by Gasteiger charge is 2.13. The fourth-order valence-electron chi connectivity index (χ4n) is 2.29. The molecule has 0 atom stereocenters. The van der Waals surface area contributed by atoms with Crippen molar-refractivity contribution < 1.29 is 9.53 Å². The molecule has 0 radical (unpaired) electrons. The first-order valence-electron chi connectivity index (χ1n) is 8.58. The highest BCUT2D eigenvalue weighted by Crippen LogP contribution is 2.20. The molecule has 0 aliphatic heterocycles. The second-order valence-corrected chi connectivity index (χ2v) is 5.39. The van der Waals surface area contributed by atoms with Crippen molar-refractivity contribution in [3.63, 3.8) is 0 Å². The minimum Gasteiger partial charge on any atom is -0.383 e. The van der Waals surface area contributed by atoms with Crippen LogP contribution in [0.4, 0.5) is 0 Å². The normalized spacial score (nSPS) is 13.0. The summed E-state index contributed by atoms with van der Waals surface area (Å²) < 4.78 is 4.97. The molecule has 6 nitrogen and oxygen atoms in total. The van der Waals surface area contributed by atoms with Gasteiger partial charge in [0, 0.05) is 50.6 Å². The van der Waals surface area contributed by atoms with Crippen LogP contribution in [0.5, 0.6) is 0 Å². The summed E-state index contributed by atoms with van der Waals surface area (Å²) >= 11 is 0. The summed E-state index contributed by atoms with van der Waals surface area (Å²) in [4.78, 5) is 25.3. The van der Waals surface area contributed by atoms with Crippen LogP contribution in [-0.4, -0.2) is 50.1 Å². The summed E-state index contributed by atoms with van der Waals surface area (Å²) in [7, 11) is 3.33. The molecule has 0 spiro atoms. The molecule has 1 heterocycles. The SMILES string of the molecule is CCCC(=NC(CC)=C(C=NC)c1ccncc1)C(=O)NCCOC. The van der Waals surface area contributed by atoms with Gasteiger partial charge in [-0.25, -0.2) is 0 Å². The van der Waals surface area contributed by atoms with Crippen molar-refractivity contribution in [3.8, 4) is 0 Å². The van der Waals surface area contributed by atoms with Crippen LogP contribution in [0, 0.1) is 0 Å². The average molecular weight is 344 g/mol. The van der Waals surface area contributed by atoms with Gasteiger partial charge in [0.05, 0.1) is 6.61 Å². The lowest BCUT2D eigenvalue weighted by molar-refractivity contribution is -0.115. The van der Waals surface area contributed by atoms with Gasteiger partial charge in [-0.3, -0.25) is 19.8 Å². The number of aromatic nitrogens is 1. The Hall–Kier alpha value is -2.34. The van der Waals surface area contributed by atoms with Crippen molar-refractivity contribution in [3.05, 3.63) is 35.8 Å². The van der Waals surface area contributed by atoms with E-state index in [4.69, 9.17) is 9.73 Å². The van der Waals surface area contributed by atoms with E-state index in [2.05, 4.69) is 15.3 Å². The Balaban J connectivity index is 3.24. The van der Waals surface area contributed by atoms with E-state index in [1.165, 1.54) is 0 Å². The van der Waals surface area contributed by atoms with Crippen molar-refractivity contribution in [2.45, 2.75) is 33.1 Å². The predicted molar refractivity (Wildman–Crippen MR) is 103 cm³/mol. The van der Waals surface area contributed by atoms with Gasteiger partial charge in [0.15, 0.2) is 0 Å². The standard InChI is InChI=1S/C19H28N4O2/c1-5-7-18(19(24)22-12-13-25-4)23-17(6-2)16(14-20-3)15-8-10-21-11-9-15/h8-11,14H,5-7,12-13H2,1-4H3,(H,22,24). The van der Waals surface area contributed by atoms with Crippen LogP contribution >= 0.6 is 0 Å². The van der Waals surface area contributed by atoms with Crippen LogP contribution in [0.2, 0.25) is 0 Å². The zero-order chi connectivity index (χ0) is 18.5. The van der Waals surface area contributed by atoms with Gasteiger partial charge < -0.3 is 10.1 Å². The number of rotatable bonds is 10. The van der Waals surface area contributed by atoms with E-state index in [9.17, 15) is 4.79 Å². The summed E-state index contributed by atoms with van der Waals surface area (Å²) in [6.45, 7) is 5.00. The molecule has 0 aromatic carbocycles. The molecule has 1 rings (SSSR count). The summed E-state index contributed by atoms with van der Waals surface area (Å²) in [5.41, 5.74) is 3.26. The molecule has 1 aromatic heterocycles. The summed E-state index contributed by atoms with van der Waals surface area (Å²) in [5, 5.41) is 2.85. The van der Waals surface area contributed by atoms with Crippen LogP contribution in [0.25, 0.3) is 5.57 Å². The van der Waals surface area contributed by atoms with Gasteiger partial charge in [-0.2, -0.15) is 0 Å². The first kappa shape index (κ1) is 20.7. The number of nitrogens with one attached hydrogen (secondary N) is 1. The maximum atomic E-state index is 12.4. The molecule has 1 N–H and O–H groups in total. The number of carbonyl (C=O) groups is 1. The fraction of sp³-hybridized carbons (Fsp3) is 0.474. The molecule has 0 bridgehead atoms. The number of hydrogen-bond acceptors (Lipinski definition) is 5. The van der Waals surface area contributed by atoms with E-state index in [0.717, 1.165) is 23.3 Å². The zero-order valence-electron chi connectivity index (χ0n) is 15.6. The number of allylic oxidation sites excluding steroid dienone is 2. The second kappa shape index (κ2) is 12.1. The number of methoxy groups -OCH3 is 1. The number of nitrogens with zero attached hydrogens (tertiary/aromatic N) is 3. The summed E-state index contributed by atoms with van der Waals surface area (Å²) in [5.74, 6) is -0.146. The molecule has 0 aliphatic carbocycles. The lowest BCUT2D eigenvalue weighted by atomic mass is 10.0. The maximum absolute atomic E-state index is 12.4. The molecule has 0 aliphatic rings. The Morgan fingerprint density at radius 2 is 2.04 bits per heavy atom. The Kier molecular flexibility index (Phi) is 10.0. The van der Waals surface area contributed by atoms with Crippen LogP contribution < -0.4 is 5.32 Å². The van der Waals surface area contributed by atoms with E-state index in [1.807, 2.05) is 26.0 Å². The van der Waals surface area contributed by atoms with E-state index in [1.54, 1.807) is 32.8 Å². The van der Waals surface area contributed by atoms with Gasteiger partial charge >= 0.3 is 0 Å². The second-order valence-electron chi connectivity index (χ2n) is 5.39. The fourth-order valence-corrected chi connectivity index (χ4v) is 2.29. The van der Waals surface area contributed by atoms with Gasteiger partial charge in [-0.15, -0.1) is 0 Å². The monoisotopic (exact) mass is 344 g/mol. The average Bonchev–Trinajstić information content (AvgIpc) is 2.64. The van der Waals surface area contributed by atoms with Gasteiger partial charge in [0.25, 0.3) is 5.91 Å². The first-order chi connectivity index (χ1) is 12.2. The van der Waals surface area contributed by atoms with Gasteiger partial charge in [0.2, 0.25) is 0 Å². The Morgan fingerprint density at radius 3 is 2.60 bits per heavy atom. The number of ether oxygens (including phenoxy) is 1. The minimum atomic E-state index is -0.146. The van der Waals surface area contributed by atoms with E-state index in [0.29, 0.717) is 31.7 Å². The number of hydrogen-bond donors (Lipinski definition) is 1. The zero-order valence-corrected chi connectivity index (χ0v) is 15.6. The number of aliphatic imine (C=N–C) groups is 2. The predicted octanol–water partition coefficient (Wildman–Crippen LogP) is 2.91. The van der Waals surface area contributed by atoms with Crippen molar-refractivity contribution in [2.24, 2.45) is 9.98 Å². The third-order valence-electron chi connectivity index (χ3n) is 3.51. The highest BCUT2D eigenvalue weighted by atomic mass is 16.5. The van der Waals surface area contributed by atoms with E-state index >= 15 is 0 Å². The highest BCUT2D eigenvalue weighted by molar-refractivity contribution is 6.39. The Bertz CT molecular complexity index is 622. The van der Waals surface area contributed by atoms with Crippen LogP contribution in [0.15, 0.2) is 40.2 Å². The quantitative estimate of drug-likeness (QED) is 0.524. The molecule has 0 saturated heterocycles. The largest absolute Gasteiger partial charge is 0.383 e. The number of amides is 1. The lowest BCUT2D eigenvalue weighted by Gasteiger charge is -2.11. The van der Waals surface area contributed by atoms with E-state index in [-0.39, 0.29) is 5.91 Å². The van der Waals surface area contributed by atoms with Gasteiger partial charge in [-0.05, 0) is 30.5 Å². The minimum absolute atomic E-state index is 0.146. The van der Waals surface area contributed by atoms with Crippen molar-refractivity contribution in [2.75, 3.05) is 27.3 Å². The molecule has 6 heteroatoms. The molecular formula is C19H28N4O2. The molecular weight excluding hydrogens is 316 g/mol. The van der Waals surface area contributed by atoms with Crippen LogP contribution in [0.3, 0.4) is 0 Å². The first-order valence-corrected chi connectivity index (χ1v) is 8.58. The van der Waals surface area contributed by atoms with Crippen molar-refractivity contribution in [1.82, 2.24) is 10.3 Å².